The number of rotatable bonds is 6. The third-order valence-electron chi connectivity index (χ3n) is 3.43. The smallest absolute Gasteiger partial charge is 0.317 e. The van der Waals surface area contributed by atoms with Crippen molar-refractivity contribution in [3.05, 3.63) is 12.3 Å². The van der Waals surface area contributed by atoms with Gasteiger partial charge in [-0.2, -0.15) is 5.10 Å². The molecular weight excluding hydrogens is 260 g/mol. The second kappa shape index (κ2) is 6.51. The third kappa shape index (κ3) is 3.80. The molecule has 1 heterocycles. The number of nitrogens with zero attached hydrogens (tertiary/aromatic N) is 3. The molecule has 0 unspecified atom stereocenters. The first-order chi connectivity index (χ1) is 9.56. The van der Waals surface area contributed by atoms with Gasteiger partial charge in [-0.3, -0.25) is 14.5 Å². The van der Waals surface area contributed by atoms with E-state index in [0.717, 1.165) is 12.8 Å². The van der Waals surface area contributed by atoms with Crippen molar-refractivity contribution < 1.29 is 14.7 Å². The average molecular weight is 280 g/mol. The molecule has 1 aliphatic carbocycles. The molecule has 0 saturated heterocycles. The Morgan fingerprint density at radius 2 is 2.15 bits per heavy atom. The maximum atomic E-state index is 11.9. The molecule has 1 fully saturated rings. The van der Waals surface area contributed by atoms with Crippen molar-refractivity contribution in [1.29, 1.82) is 0 Å². The van der Waals surface area contributed by atoms with Gasteiger partial charge in [0.2, 0.25) is 5.91 Å². The first-order valence-corrected chi connectivity index (χ1v) is 6.80. The highest BCUT2D eigenvalue weighted by Crippen LogP contribution is 2.31. The van der Waals surface area contributed by atoms with E-state index in [1.54, 1.807) is 19.3 Å². The van der Waals surface area contributed by atoms with E-state index in [1.807, 2.05) is 4.68 Å². The summed E-state index contributed by atoms with van der Waals surface area (Å²) in [6.45, 7) is -0.114. The summed E-state index contributed by atoms with van der Waals surface area (Å²) in [4.78, 5) is 23.9. The second-order valence-corrected chi connectivity index (χ2v) is 5.21. The number of carbonyl (C=O) groups excluding carboxylic acids is 1. The Labute approximate surface area is 117 Å². The summed E-state index contributed by atoms with van der Waals surface area (Å²) in [6, 6.07) is 2.13. The summed E-state index contributed by atoms with van der Waals surface area (Å²) in [5.41, 5.74) is 0. The number of anilines is 1. The molecule has 0 radical (unpaired) electrons. The Morgan fingerprint density at radius 3 is 2.80 bits per heavy atom. The molecule has 1 amide bonds. The topological polar surface area (TPSA) is 87.5 Å². The van der Waals surface area contributed by atoms with E-state index in [-0.39, 0.29) is 19.0 Å². The predicted octanol–water partition coefficient (Wildman–Crippen LogP) is 0.953. The predicted molar refractivity (Wildman–Crippen MR) is 73.5 cm³/mol. The Balaban J connectivity index is 1.91. The van der Waals surface area contributed by atoms with Crippen LogP contribution in [0.3, 0.4) is 0 Å². The van der Waals surface area contributed by atoms with Gasteiger partial charge >= 0.3 is 5.97 Å². The summed E-state index contributed by atoms with van der Waals surface area (Å²) >= 11 is 0. The van der Waals surface area contributed by atoms with Gasteiger partial charge in [-0.1, -0.05) is 12.8 Å². The number of aromatic nitrogens is 2. The highest BCUT2D eigenvalue weighted by molar-refractivity contribution is 5.91. The number of nitrogens with one attached hydrogen (secondary N) is 1. The average Bonchev–Trinajstić information content (AvgIpc) is 2.96. The summed E-state index contributed by atoms with van der Waals surface area (Å²) in [5, 5.41) is 15.7. The molecule has 1 aromatic heterocycles. The van der Waals surface area contributed by atoms with Crippen molar-refractivity contribution in [1.82, 2.24) is 14.7 Å². The Hall–Kier alpha value is -1.89. The minimum Gasteiger partial charge on any atom is -0.480 e. The van der Waals surface area contributed by atoms with Gasteiger partial charge in [-0.15, -0.1) is 0 Å². The van der Waals surface area contributed by atoms with Crippen molar-refractivity contribution >= 4 is 17.7 Å². The lowest BCUT2D eigenvalue weighted by Gasteiger charge is -2.16. The van der Waals surface area contributed by atoms with E-state index in [9.17, 15) is 9.59 Å². The van der Waals surface area contributed by atoms with Crippen LogP contribution in [-0.2, 0) is 9.59 Å². The number of aliphatic carboxylic acids is 1. The van der Waals surface area contributed by atoms with E-state index < -0.39 is 5.97 Å². The highest BCUT2D eigenvalue weighted by Gasteiger charge is 2.20. The maximum Gasteiger partial charge on any atom is 0.317 e. The lowest BCUT2D eigenvalue weighted by molar-refractivity contribution is -0.138. The zero-order chi connectivity index (χ0) is 14.5. The first kappa shape index (κ1) is 14.5. The lowest BCUT2D eigenvalue weighted by atomic mass is 10.2. The normalized spacial score (nSPS) is 15.7. The molecule has 0 aliphatic heterocycles. The van der Waals surface area contributed by atoms with Gasteiger partial charge in [0.15, 0.2) is 0 Å². The molecular formula is C13H20N4O3. The zero-order valence-electron chi connectivity index (χ0n) is 11.6. The summed E-state index contributed by atoms with van der Waals surface area (Å²) in [5.74, 6) is -0.490. The zero-order valence-corrected chi connectivity index (χ0v) is 11.6. The first-order valence-electron chi connectivity index (χ1n) is 6.80. The fraction of sp³-hybridized carbons (Fsp3) is 0.615. The van der Waals surface area contributed by atoms with Crippen LogP contribution in [0.4, 0.5) is 5.82 Å². The van der Waals surface area contributed by atoms with E-state index in [4.69, 9.17) is 5.11 Å². The van der Waals surface area contributed by atoms with Crippen LogP contribution >= 0.6 is 0 Å². The fourth-order valence-electron chi connectivity index (χ4n) is 2.57. The van der Waals surface area contributed by atoms with E-state index in [1.165, 1.54) is 17.7 Å². The largest absolute Gasteiger partial charge is 0.480 e. The molecule has 0 spiro atoms. The minimum absolute atomic E-state index is 0.0438. The highest BCUT2D eigenvalue weighted by atomic mass is 16.4. The van der Waals surface area contributed by atoms with Gasteiger partial charge in [-0.05, 0) is 19.9 Å². The number of carbonyl (C=O) groups is 2. The molecule has 20 heavy (non-hydrogen) atoms. The van der Waals surface area contributed by atoms with Crippen molar-refractivity contribution in [2.75, 3.05) is 25.5 Å². The van der Waals surface area contributed by atoms with Crippen LogP contribution < -0.4 is 5.32 Å². The van der Waals surface area contributed by atoms with Crippen LogP contribution in [0, 0.1) is 0 Å². The molecule has 7 heteroatoms. The van der Waals surface area contributed by atoms with Crippen molar-refractivity contribution in [2.45, 2.75) is 31.7 Å². The number of carboxylic acid groups (broad SMARTS) is 1. The van der Waals surface area contributed by atoms with Crippen molar-refractivity contribution in [2.24, 2.45) is 0 Å². The molecule has 0 atom stereocenters. The summed E-state index contributed by atoms with van der Waals surface area (Å²) < 4.78 is 1.86. The van der Waals surface area contributed by atoms with E-state index >= 15 is 0 Å². The van der Waals surface area contributed by atoms with Gasteiger partial charge in [-0.25, -0.2) is 4.68 Å². The molecule has 110 valence electrons. The van der Waals surface area contributed by atoms with Crippen LogP contribution in [0.15, 0.2) is 12.3 Å². The van der Waals surface area contributed by atoms with Crippen molar-refractivity contribution in [3.8, 4) is 0 Å². The van der Waals surface area contributed by atoms with Gasteiger partial charge in [0, 0.05) is 6.07 Å². The van der Waals surface area contributed by atoms with E-state index in [2.05, 4.69) is 10.4 Å². The number of hydrogen-bond acceptors (Lipinski definition) is 4. The quantitative estimate of drug-likeness (QED) is 0.810. The van der Waals surface area contributed by atoms with Crippen LogP contribution in [0.2, 0.25) is 0 Å². The molecule has 7 nitrogen and oxygen atoms in total. The van der Waals surface area contributed by atoms with Gasteiger partial charge in [0.1, 0.15) is 5.82 Å². The Morgan fingerprint density at radius 1 is 1.45 bits per heavy atom. The standard InChI is InChI=1S/C13H20N4O3/c1-16(9-13(19)20)8-12(18)15-11-6-7-14-17(11)10-4-2-3-5-10/h6-7,10H,2-5,8-9H2,1H3,(H,15,18)(H,19,20). The molecule has 0 aromatic carbocycles. The maximum absolute atomic E-state index is 11.9. The van der Waals surface area contributed by atoms with Crippen molar-refractivity contribution in [3.63, 3.8) is 0 Å². The lowest BCUT2D eigenvalue weighted by Crippen LogP contribution is -2.34. The van der Waals surface area contributed by atoms with Crippen LogP contribution in [0.25, 0.3) is 0 Å². The Kier molecular flexibility index (Phi) is 4.73. The molecule has 0 bridgehead atoms. The molecule has 1 saturated carbocycles. The minimum atomic E-state index is -0.948. The van der Waals surface area contributed by atoms with Crippen LogP contribution in [0.1, 0.15) is 31.7 Å². The Bertz CT molecular complexity index is 480. The molecule has 2 N–H and O–H groups in total. The SMILES string of the molecule is CN(CC(=O)O)CC(=O)Nc1ccnn1C1CCCC1. The monoisotopic (exact) mass is 280 g/mol. The van der Waals surface area contributed by atoms with E-state index in [0.29, 0.717) is 11.9 Å². The van der Waals surface area contributed by atoms with Gasteiger partial charge < -0.3 is 10.4 Å². The summed E-state index contributed by atoms with van der Waals surface area (Å²) in [6.07, 6.45) is 6.24. The molecule has 1 aliphatic rings. The number of carboxylic acids is 1. The molecule has 2 rings (SSSR count). The number of likely N-dealkylation sites (N-methyl/N-ethyl adjacent to an activating group) is 1. The summed E-state index contributed by atoms with van der Waals surface area (Å²) in [7, 11) is 1.60. The third-order valence-corrected chi connectivity index (χ3v) is 3.43. The molecule has 1 aromatic rings. The second-order valence-electron chi connectivity index (χ2n) is 5.21. The van der Waals surface area contributed by atoms with Crippen LogP contribution in [-0.4, -0.2) is 51.8 Å². The number of hydrogen-bond donors (Lipinski definition) is 2. The fourth-order valence-corrected chi connectivity index (χ4v) is 2.57. The van der Waals surface area contributed by atoms with Gasteiger partial charge in [0.25, 0.3) is 0 Å². The van der Waals surface area contributed by atoms with Gasteiger partial charge in [0.05, 0.1) is 25.3 Å². The van der Waals surface area contributed by atoms with Crippen LogP contribution in [0.5, 0.6) is 0 Å². The number of amides is 1.